The van der Waals surface area contributed by atoms with E-state index in [-0.39, 0.29) is 21.8 Å². The number of amides is 2. The summed E-state index contributed by atoms with van der Waals surface area (Å²) in [6, 6.07) is 2.47. The molecule has 2 aromatic heterocycles. The van der Waals surface area contributed by atoms with Gasteiger partial charge in [-0.25, -0.2) is 13.7 Å². The maximum atomic E-state index is 12.9. The lowest BCUT2D eigenvalue weighted by Gasteiger charge is -2.49. The second-order valence-electron chi connectivity index (χ2n) is 7.78. The van der Waals surface area contributed by atoms with Crippen molar-refractivity contribution in [3.63, 3.8) is 0 Å². The molecule has 0 aliphatic carbocycles. The van der Waals surface area contributed by atoms with E-state index in [1.165, 1.54) is 39.8 Å². The number of thioether (sulfide) groups is 2. The molecule has 2 amide bonds. The van der Waals surface area contributed by atoms with E-state index in [1.54, 1.807) is 22.2 Å². The molecule has 1 unspecified atom stereocenters. The van der Waals surface area contributed by atoms with Crippen LogP contribution in [-0.2, 0) is 32.2 Å². The first-order valence-electron chi connectivity index (χ1n) is 10.3. The van der Waals surface area contributed by atoms with Crippen LogP contribution in [-0.4, -0.2) is 106 Å². The number of thiophene rings is 1. The Bertz CT molecular complexity index is 1220. The van der Waals surface area contributed by atoms with Gasteiger partial charge in [-0.15, -0.1) is 28.2 Å². The van der Waals surface area contributed by atoms with Crippen molar-refractivity contribution in [3.05, 3.63) is 33.7 Å². The minimum absolute atomic E-state index is 0.0230. The SMILES string of the molecule is CN(C)CCn1nnnc1SCC1=C(C(=O)O)N2C(=O)C(NC(=O)C(=S=O)c3cccs3)[C@H]2SC1. The molecule has 16 heteroatoms. The number of carbonyl (C=O) groups excluding carboxylic acids is 2. The molecule has 4 rings (SSSR count). The molecule has 0 bridgehead atoms. The highest BCUT2D eigenvalue weighted by Crippen LogP contribution is 2.41. The maximum absolute atomic E-state index is 12.9. The average Bonchev–Trinajstić information content (AvgIpc) is 3.51. The number of nitrogens with one attached hydrogen (secondary N) is 1. The Morgan fingerprint density at radius 3 is 2.83 bits per heavy atom. The second-order valence-corrected chi connectivity index (χ2v) is 11.4. The van der Waals surface area contributed by atoms with Crippen LogP contribution in [0.5, 0.6) is 0 Å². The summed E-state index contributed by atoms with van der Waals surface area (Å²) in [6.07, 6.45) is 0. The van der Waals surface area contributed by atoms with Gasteiger partial charge in [0.2, 0.25) is 5.16 Å². The molecule has 2 N–H and O–H groups in total. The lowest BCUT2D eigenvalue weighted by Crippen LogP contribution is -2.71. The first-order valence-corrected chi connectivity index (χ1v) is 13.9. The van der Waals surface area contributed by atoms with Gasteiger partial charge in [0.15, 0.2) is 0 Å². The fourth-order valence-corrected chi connectivity index (χ4v) is 7.07. The van der Waals surface area contributed by atoms with E-state index in [1.807, 2.05) is 19.0 Å². The summed E-state index contributed by atoms with van der Waals surface area (Å²) in [4.78, 5) is 41.3. The summed E-state index contributed by atoms with van der Waals surface area (Å²) in [5.74, 6) is -1.71. The topological polar surface area (TPSA) is 151 Å². The highest BCUT2D eigenvalue weighted by molar-refractivity contribution is 8.01. The fourth-order valence-electron chi connectivity index (χ4n) is 3.49. The molecule has 2 aliphatic heterocycles. The number of β-lactam (4-membered cyclic amide) rings is 1. The van der Waals surface area contributed by atoms with Crippen LogP contribution in [0, 0.1) is 0 Å². The zero-order chi connectivity index (χ0) is 25.1. The number of carbonyl (C=O) groups is 3. The van der Waals surface area contributed by atoms with Gasteiger partial charge in [0, 0.05) is 18.1 Å². The molecular formula is C19H21N7O5S4. The summed E-state index contributed by atoms with van der Waals surface area (Å²) in [5, 5.41) is 25.9. The van der Waals surface area contributed by atoms with Crippen molar-refractivity contribution >= 4 is 68.8 Å². The van der Waals surface area contributed by atoms with E-state index < -0.39 is 29.2 Å². The van der Waals surface area contributed by atoms with Crippen LogP contribution in [0.2, 0.25) is 0 Å². The van der Waals surface area contributed by atoms with Crippen molar-refractivity contribution in [2.75, 3.05) is 32.1 Å². The van der Waals surface area contributed by atoms with E-state index in [2.05, 4.69) is 20.8 Å². The highest BCUT2D eigenvalue weighted by atomic mass is 32.2. The molecule has 0 aromatic carbocycles. The number of hydrogen-bond acceptors (Lipinski definition) is 11. The number of rotatable bonds is 10. The molecule has 2 atom stereocenters. The first-order chi connectivity index (χ1) is 16.8. The number of tetrazole rings is 1. The third-order valence-corrected chi connectivity index (χ3v) is 9.18. The summed E-state index contributed by atoms with van der Waals surface area (Å²) in [6.45, 7) is 1.33. The van der Waals surface area contributed by atoms with E-state index >= 15 is 0 Å². The van der Waals surface area contributed by atoms with Crippen molar-refractivity contribution in [1.82, 2.24) is 35.3 Å². The number of hydrogen-bond donors (Lipinski definition) is 2. The van der Waals surface area contributed by atoms with Gasteiger partial charge in [-0.2, -0.15) is 0 Å². The third-order valence-electron chi connectivity index (χ3n) is 5.20. The smallest absolute Gasteiger partial charge is 0.352 e. The van der Waals surface area contributed by atoms with Gasteiger partial charge in [-0.3, -0.25) is 14.5 Å². The number of likely N-dealkylation sites (N-methyl/N-ethyl adjacent to an activating group) is 1. The molecular weight excluding hydrogens is 535 g/mol. The minimum Gasteiger partial charge on any atom is -0.477 e. The monoisotopic (exact) mass is 555 g/mol. The summed E-state index contributed by atoms with van der Waals surface area (Å²) in [5.41, 5.74) is 0.495. The van der Waals surface area contributed by atoms with Crippen molar-refractivity contribution in [2.24, 2.45) is 0 Å². The number of aromatic nitrogens is 4. The highest BCUT2D eigenvalue weighted by Gasteiger charge is 2.54. The standard InChI is InChI=1S/C19H21N7O5S4/c1-24(2)5-6-25-19(21-22-23-25)34-9-10-8-33-17-12(16(28)26(17)13(10)18(29)30)20-15(27)14(35-31)11-4-3-7-32-11/h3-4,7,12,17H,5-6,8-9H2,1-2H3,(H,20,27)(H,29,30)/t12?,17-/m1/s1. The van der Waals surface area contributed by atoms with E-state index in [9.17, 15) is 23.7 Å². The van der Waals surface area contributed by atoms with Crippen LogP contribution < -0.4 is 5.32 Å². The number of aliphatic carboxylic acids is 1. The normalized spacial score (nSPS) is 19.4. The van der Waals surface area contributed by atoms with Gasteiger partial charge in [0.1, 0.15) is 33.2 Å². The number of carboxylic acids is 1. The molecule has 12 nitrogen and oxygen atoms in total. The van der Waals surface area contributed by atoms with E-state index in [0.717, 1.165) is 6.54 Å². The molecule has 2 aromatic rings. The van der Waals surface area contributed by atoms with E-state index in [0.29, 0.717) is 33.7 Å². The Balaban J connectivity index is 1.45. The Kier molecular flexibility index (Phi) is 8.05. The predicted octanol–water partition coefficient (Wildman–Crippen LogP) is -0.439. The molecule has 1 saturated heterocycles. The van der Waals surface area contributed by atoms with Crippen molar-refractivity contribution < 1.29 is 23.7 Å². The van der Waals surface area contributed by atoms with Crippen LogP contribution in [0.25, 0.3) is 0 Å². The lowest BCUT2D eigenvalue weighted by atomic mass is 10.0. The van der Waals surface area contributed by atoms with Gasteiger partial charge in [0.05, 0.1) is 11.4 Å². The van der Waals surface area contributed by atoms with Gasteiger partial charge in [-0.05, 0) is 41.5 Å². The van der Waals surface area contributed by atoms with Gasteiger partial charge in [-0.1, -0.05) is 17.8 Å². The molecule has 1 fully saturated rings. The first kappa shape index (κ1) is 25.6. The molecule has 0 saturated carbocycles. The Hall–Kier alpha value is -2.53. The van der Waals surface area contributed by atoms with Crippen molar-refractivity contribution in [2.45, 2.75) is 23.1 Å². The van der Waals surface area contributed by atoms with E-state index in [4.69, 9.17) is 0 Å². The second kappa shape index (κ2) is 11.0. The summed E-state index contributed by atoms with van der Waals surface area (Å²) < 4.78 is 13.1. The average molecular weight is 556 g/mol. The van der Waals surface area contributed by atoms with Crippen LogP contribution in [0.3, 0.4) is 0 Å². The quantitative estimate of drug-likeness (QED) is 0.170. The van der Waals surface area contributed by atoms with Gasteiger partial charge >= 0.3 is 5.97 Å². The van der Waals surface area contributed by atoms with Crippen LogP contribution in [0.1, 0.15) is 4.88 Å². The number of fused-ring (bicyclic) bond motifs is 1. The molecule has 4 heterocycles. The maximum Gasteiger partial charge on any atom is 0.352 e. The molecule has 35 heavy (non-hydrogen) atoms. The van der Waals surface area contributed by atoms with Crippen LogP contribution in [0.4, 0.5) is 0 Å². The largest absolute Gasteiger partial charge is 0.477 e. The fraction of sp³-hybridized carbons (Fsp3) is 0.421. The van der Waals surface area contributed by atoms with Crippen molar-refractivity contribution in [3.8, 4) is 0 Å². The Labute approximate surface area is 216 Å². The molecule has 0 radical (unpaired) electrons. The molecule has 0 spiro atoms. The van der Waals surface area contributed by atoms with Crippen molar-refractivity contribution in [1.29, 1.82) is 0 Å². The number of carboxylic acid groups (broad SMARTS) is 1. The van der Waals surface area contributed by atoms with Gasteiger partial charge < -0.3 is 15.3 Å². The molecule has 186 valence electrons. The minimum atomic E-state index is -1.21. The van der Waals surface area contributed by atoms with Crippen LogP contribution >= 0.6 is 34.9 Å². The zero-order valence-electron chi connectivity index (χ0n) is 18.6. The van der Waals surface area contributed by atoms with Crippen LogP contribution in [0.15, 0.2) is 33.9 Å². The predicted molar refractivity (Wildman–Crippen MR) is 133 cm³/mol. The summed E-state index contributed by atoms with van der Waals surface area (Å²) in [7, 11) is 3.88. The molecule has 2 aliphatic rings. The third kappa shape index (κ3) is 5.35. The summed E-state index contributed by atoms with van der Waals surface area (Å²) >= 11 is 3.99. The zero-order valence-corrected chi connectivity index (χ0v) is 21.9. The number of nitrogens with zero attached hydrogens (tertiary/aromatic N) is 6. The van der Waals surface area contributed by atoms with Gasteiger partial charge in [0.25, 0.3) is 11.8 Å². The Morgan fingerprint density at radius 1 is 1.37 bits per heavy atom. The lowest BCUT2D eigenvalue weighted by molar-refractivity contribution is -0.150. The Morgan fingerprint density at radius 2 is 2.17 bits per heavy atom.